The Labute approximate surface area is 220 Å². The minimum absolute atomic E-state index is 0.333. The lowest BCUT2D eigenvalue weighted by atomic mass is 9.96. The van der Waals surface area contributed by atoms with Crippen molar-refractivity contribution >= 4 is 40.3 Å². The molecule has 0 bridgehead atoms. The van der Waals surface area contributed by atoms with Gasteiger partial charge in [-0.3, -0.25) is 0 Å². The predicted molar refractivity (Wildman–Crippen MR) is 146 cm³/mol. The molecule has 190 valence electrons. The molecular formula is C29H30N4O3S. The van der Waals surface area contributed by atoms with Gasteiger partial charge in [-0.1, -0.05) is 38.2 Å². The highest BCUT2D eigenvalue weighted by Crippen LogP contribution is 2.37. The maximum absolute atomic E-state index is 12.3. The first-order valence-electron chi connectivity index (χ1n) is 13.0. The molecule has 0 spiro atoms. The first-order chi connectivity index (χ1) is 18.1. The quantitative estimate of drug-likeness (QED) is 0.195. The van der Waals surface area contributed by atoms with Gasteiger partial charge in [0.1, 0.15) is 11.6 Å². The van der Waals surface area contributed by atoms with Gasteiger partial charge in [-0.15, -0.1) is 0 Å². The number of nitrogens with one attached hydrogen (secondary N) is 1. The Balaban J connectivity index is 1.59. The maximum atomic E-state index is 12.3. The Morgan fingerprint density at radius 3 is 2.68 bits per heavy atom. The van der Waals surface area contributed by atoms with Crippen LogP contribution in [0.5, 0.6) is 0 Å². The van der Waals surface area contributed by atoms with Crippen LogP contribution in [0, 0.1) is 4.77 Å². The van der Waals surface area contributed by atoms with Crippen LogP contribution < -0.4 is 0 Å². The lowest BCUT2D eigenvalue weighted by Gasteiger charge is -2.24. The van der Waals surface area contributed by atoms with Crippen molar-refractivity contribution < 1.29 is 13.9 Å². The number of aromatic nitrogens is 4. The van der Waals surface area contributed by atoms with Crippen molar-refractivity contribution in [1.29, 1.82) is 0 Å². The number of hydrogen-bond donors (Lipinski definition) is 1. The van der Waals surface area contributed by atoms with Gasteiger partial charge in [0.05, 0.1) is 47.5 Å². The lowest BCUT2D eigenvalue weighted by molar-refractivity contribution is 0.0601. The second-order valence-electron chi connectivity index (χ2n) is 9.80. The van der Waals surface area contributed by atoms with Gasteiger partial charge in [0, 0.05) is 11.6 Å². The third-order valence-electron chi connectivity index (χ3n) is 7.48. The first-order valence-corrected chi connectivity index (χ1v) is 13.4. The van der Waals surface area contributed by atoms with E-state index in [-0.39, 0.29) is 5.97 Å². The van der Waals surface area contributed by atoms with E-state index in [1.54, 1.807) is 6.26 Å². The third-order valence-corrected chi connectivity index (χ3v) is 7.80. The topological polar surface area (TPSA) is 78.0 Å². The maximum Gasteiger partial charge on any atom is 0.337 e. The van der Waals surface area contributed by atoms with Gasteiger partial charge in [-0.05, 0) is 67.5 Å². The van der Waals surface area contributed by atoms with Gasteiger partial charge in [0.25, 0.3) is 0 Å². The zero-order valence-corrected chi connectivity index (χ0v) is 21.7. The summed E-state index contributed by atoms with van der Waals surface area (Å²) in [5.41, 5.74) is 5.31. The van der Waals surface area contributed by atoms with Gasteiger partial charge in [-0.2, -0.15) is 0 Å². The molecule has 8 heteroatoms. The number of esters is 1. The number of H-pyrrole nitrogens is 1. The van der Waals surface area contributed by atoms with Crippen LogP contribution in [-0.2, 0) is 11.3 Å². The van der Waals surface area contributed by atoms with E-state index < -0.39 is 0 Å². The number of methoxy groups -OCH3 is 1. The summed E-state index contributed by atoms with van der Waals surface area (Å²) in [5, 5.41) is 0. The number of rotatable bonds is 5. The van der Waals surface area contributed by atoms with Gasteiger partial charge < -0.3 is 23.3 Å². The van der Waals surface area contributed by atoms with E-state index in [4.69, 9.17) is 26.4 Å². The fourth-order valence-corrected chi connectivity index (χ4v) is 5.97. The molecule has 0 amide bonds. The number of benzene rings is 2. The van der Waals surface area contributed by atoms with E-state index in [0.29, 0.717) is 22.9 Å². The number of ether oxygens (including phenoxy) is 1. The molecule has 6 rings (SSSR count). The summed E-state index contributed by atoms with van der Waals surface area (Å²) in [6.07, 6.45) is 10.1. The standard InChI is InChI=1S/C29H30N4O3S/c1-35-28(34)19-14-15-25-24(17-19)30-27(33(25)20-9-5-3-2-4-6-10-20)22-12-7-13-23-26(22)32(29(37)31-23)18-21-11-8-16-36-21/h7-8,11-17,20H,2-6,9-10,18H2,1H3,(H,31,37). The minimum atomic E-state index is -0.358. The summed E-state index contributed by atoms with van der Waals surface area (Å²) in [5.74, 6) is 1.38. The molecule has 0 radical (unpaired) electrons. The van der Waals surface area contributed by atoms with Crippen molar-refractivity contribution in [2.45, 2.75) is 57.5 Å². The van der Waals surface area contributed by atoms with E-state index in [1.165, 1.54) is 39.2 Å². The van der Waals surface area contributed by atoms with Crippen LogP contribution in [0.25, 0.3) is 33.5 Å². The smallest absolute Gasteiger partial charge is 0.337 e. The molecule has 3 aromatic heterocycles. The lowest BCUT2D eigenvalue weighted by Crippen LogP contribution is -2.13. The molecule has 5 aromatic rings. The van der Waals surface area contributed by atoms with Gasteiger partial charge in [0.15, 0.2) is 4.77 Å². The fraction of sp³-hybridized carbons (Fsp3) is 0.345. The van der Waals surface area contributed by atoms with Crippen LogP contribution in [0.2, 0.25) is 0 Å². The average Bonchev–Trinajstić information content (AvgIpc) is 3.61. The largest absolute Gasteiger partial charge is 0.467 e. The summed E-state index contributed by atoms with van der Waals surface area (Å²) in [7, 11) is 1.40. The molecule has 37 heavy (non-hydrogen) atoms. The van der Waals surface area contributed by atoms with Crippen LogP contribution in [0.4, 0.5) is 0 Å². The van der Waals surface area contributed by atoms with Gasteiger partial charge in [0.2, 0.25) is 0 Å². The number of nitrogens with zero attached hydrogens (tertiary/aromatic N) is 3. The monoisotopic (exact) mass is 514 g/mol. The highest BCUT2D eigenvalue weighted by atomic mass is 32.1. The molecule has 1 fully saturated rings. The second-order valence-corrected chi connectivity index (χ2v) is 10.2. The summed E-state index contributed by atoms with van der Waals surface area (Å²) >= 11 is 5.74. The average molecular weight is 515 g/mol. The van der Waals surface area contributed by atoms with Crippen LogP contribution in [0.15, 0.2) is 59.2 Å². The summed E-state index contributed by atoms with van der Waals surface area (Å²) in [4.78, 5) is 20.8. The number of hydrogen-bond acceptors (Lipinski definition) is 5. The van der Waals surface area contributed by atoms with Crippen molar-refractivity contribution in [3.8, 4) is 11.4 Å². The Hall–Kier alpha value is -3.65. The summed E-state index contributed by atoms with van der Waals surface area (Å²) in [6, 6.07) is 16.1. The van der Waals surface area contributed by atoms with E-state index in [1.807, 2.05) is 42.5 Å². The van der Waals surface area contributed by atoms with E-state index in [2.05, 4.69) is 20.2 Å². The first kappa shape index (κ1) is 23.7. The molecule has 7 nitrogen and oxygen atoms in total. The number of aromatic amines is 1. The normalized spacial score (nSPS) is 15.2. The predicted octanol–water partition coefficient (Wildman–Crippen LogP) is 7.43. The Morgan fingerprint density at radius 2 is 1.92 bits per heavy atom. The molecule has 1 N–H and O–H groups in total. The molecule has 0 unspecified atom stereocenters. The van der Waals surface area contributed by atoms with Crippen molar-refractivity contribution in [2.75, 3.05) is 7.11 Å². The van der Waals surface area contributed by atoms with E-state index >= 15 is 0 Å². The fourth-order valence-electron chi connectivity index (χ4n) is 5.71. The Kier molecular flexibility index (Phi) is 6.42. The van der Waals surface area contributed by atoms with Crippen LogP contribution in [0.1, 0.15) is 67.1 Å². The molecule has 1 aliphatic carbocycles. The molecule has 1 saturated carbocycles. The number of fused-ring (bicyclic) bond motifs is 2. The van der Waals surface area contributed by atoms with Crippen molar-refractivity contribution in [2.24, 2.45) is 0 Å². The molecule has 1 aliphatic rings. The van der Waals surface area contributed by atoms with Crippen molar-refractivity contribution in [3.05, 3.63) is 70.9 Å². The summed E-state index contributed by atoms with van der Waals surface area (Å²) < 4.78 is 15.8. The van der Waals surface area contributed by atoms with Crippen molar-refractivity contribution in [3.63, 3.8) is 0 Å². The molecule has 0 saturated heterocycles. The molecule has 3 heterocycles. The van der Waals surface area contributed by atoms with Gasteiger partial charge >= 0.3 is 5.97 Å². The third kappa shape index (κ3) is 4.39. The van der Waals surface area contributed by atoms with Crippen LogP contribution in [0.3, 0.4) is 0 Å². The van der Waals surface area contributed by atoms with E-state index in [9.17, 15) is 4.79 Å². The minimum Gasteiger partial charge on any atom is -0.467 e. The molecular weight excluding hydrogens is 484 g/mol. The number of carbonyl (C=O) groups excluding carboxylic acids is 1. The zero-order chi connectivity index (χ0) is 25.4. The highest BCUT2D eigenvalue weighted by Gasteiger charge is 2.24. The zero-order valence-electron chi connectivity index (χ0n) is 20.9. The summed E-state index contributed by atoms with van der Waals surface area (Å²) in [6.45, 7) is 0.527. The number of carbonyl (C=O) groups is 1. The Bertz CT molecular complexity index is 1620. The highest BCUT2D eigenvalue weighted by molar-refractivity contribution is 7.71. The Morgan fingerprint density at radius 1 is 1.11 bits per heavy atom. The number of para-hydroxylation sites is 1. The molecule has 0 atom stereocenters. The molecule has 2 aromatic carbocycles. The second kappa shape index (κ2) is 10.0. The van der Waals surface area contributed by atoms with Crippen LogP contribution >= 0.6 is 12.2 Å². The van der Waals surface area contributed by atoms with Crippen molar-refractivity contribution in [1.82, 2.24) is 19.1 Å². The SMILES string of the molecule is COC(=O)c1ccc2c(c1)nc(-c1cccc3[nH]c(=S)n(Cc4ccco4)c13)n2C1CCCCCCC1. The number of imidazole rings is 2. The number of furan rings is 1. The van der Waals surface area contributed by atoms with Crippen LogP contribution in [-0.4, -0.2) is 32.2 Å². The molecule has 0 aliphatic heterocycles. The van der Waals surface area contributed by atoms with E-state index in [0.717, 1.165) is 52.1 Å². The van der Waals surface area contributed by atoms with Gasteiger partial charge in [-0.25, -0.2) is 9.78 Å².